The molecule has 19 heavy (non-hydrogen) atoms. The lowest BCUT2D eigenvalue weighted by molar-refractivity contribution is 0.454. The van der Waals surface area contributed by atoms with Crippen molar-refractivity contribution in [3.63, 3.8) is 0 Å². The highest BCUT2D eigenvalue weighted by Gasteiger charge is 2.26. The Kier molecular flexibility index (Phi) is 6.47. The highest BCUT2D eigenvalue weighted by molar-refractivity contribution is 5.13. The van der Waals surface area contributed by atoms with Gasteiger partial charge in [-0.05, 0) is 43.4 Å². The molecular formula is C17H32N2. The van der Waals surface area contributed by atoms with Gasteiger partial charge in [0.2, 0.25) is 0 Å². The first-order valence-corrected chi connectivity index (χ1v) is 7.78. The van der Waals surface area contributed by atoms with Crippen LogP contribution in [0, 0.1) is 17.8 Å². The number of nitrogens with one attached hydrogen (secondary N) is 2. The van der Waals surface area contributed by atoms with E-state index in [0.717, 1.165) is 24.6 Å². The molecule has 0 aromatic rings. The molecular weight excluding hydrogens is 232 g/mol. The minimum atomic E-state index is 0.320. The Labute approximate surface area is 119 Å². The van der Waals surface area contributed by atoms with E-state index in [1.54, 1.807) is 0 Å². The predicted molar refractivity (Wildman–Crippen MR) is 84.8 cm³/mol. The van der Waals surface area contributed by atoms with Crippen molar-refractivity contribution in [1.82, 2.24) is 10.6 Å². The van der Waals surface area contributed by atoms with Crippen LogP contribution in [-0.4, -0.2) is 12.6 Å². The van der Waals surface area contributed by atoms with Crippen molar-refractivity contribution in [3.05, 3.63) is 24.6 Å². The van der Waals surface area contributed by atoms with Crippen molar-refractivity contribution in [2.75, 3.05) is 6.54 Å². The molecule has 2 nitrogen and oxygen atoms in total. The third-order valence-corrected chi connectivity index (χ3v) is 3.63. The summed E-state index contributed by atoms with van der Waals surface area (Å²) in [6.45, 7) is 18.4. The topological polar surface area (TPSA) is 24.1 Å². The van der Waals surface area contributed by atoms with Crippen molar-refractivity contribution in [1.29, 1.82) is 0 Å². The molecule has 0 radical (unpaired) electrons. The Balaban J connectivity index is 2.41. The van der Waals surface area contributed by atoms with Gasteiger partial charge >= 0.3 is 0 Å². The van der Waals surface area contributed by atoms with Gasteiger partial charge in [-0.15, -0.1) is 0 Å². The van der Waals surface area contributed by atoms with Gasteiger partial charge in [0.1, 0.15) is 0 Å². The van der Waals surface area contributed by atoms with Crippen LogP contribution in [0.5, 0.6) is 0 Å². The Hall–Kier alpha value is -0.920. The normalized spacial score (nSPS) is 16.5. The van der Waals surface area contributed by atoms with Gasteiger partial charge in [-0.25, -0.2) is 0 Å². The first-order chi connectivity index (χ1) is 8.90. The molecule has 1 unspecified atom stereocenters. The average molecular weight is 264 g/mol. The second kappa shape index (κ2) is 7.62. The Morgan fingerprint density at radius 1 is 1.11 bits per heavy atom. The second-order valence-electron chi connectivity index (χ2n) is 6.76. The smallest absolute Gasteiger partial charge is 0.0653 e. The van der Waals surface area contributed by atoms with Crippen LogP contribution in [-0.2, 0) is 0 Å². The molecule has 0 aliphatic heterocycles. The molecule has 1 atom stereocenters. The summed E-state index contributed by atoms with van der Waals surface area (Å²) in [4.78, 5) is 0. The van der Waals surface area contributed by atoms with Crippen LogP contribution in [0.25, 0.3) is 0 Å². The Bertz CT molecular complexity index is 300. The van der Waals surface area contributed by atoms with Gasteiger partial charge in [0, 0.05) is 17.9 Å². The van der Waals surface area contributed by atoms with E-state index in [4.69, 9.17) is 0 Å². The molecule has 110 valence electrons. The lowest BCUT2D eigenvalue weighted by atomic mass is 10.0. The molecule has 1 rings (SSSR count). The molecule has 0 aromatic carbocycles. The quantitative estimate of drug-likeness (QED) is 0.621. The van der Waals surface area contributed by atoms with Crippen molar-refractivity contribution in [3.8, 4) is 0 Å². The molecule has 1 saturated carbocycles. The van der Waals surface area contributed by atoms with Crippen molar-refractivity contribution >= 4 is 0 Å². The lowest BCUT2D eigenvalue weighted by Gasteiger charge is -2.26. The maximum Gasteiger partial charge on any atom is 0.0653 e. The lowest BCUT2D eigenvalue weighted by Crippen LogP contribution is -2.37. The summed E-state index contributed by atoms with van der Waals surface area (Å²) in [7, 11) is 0. The zero-order valence-corrected chi connectivity index (χ0v) is 13.3. The van der Waals surface area contributed by atoms with Crippen molar-refractivity contribution < 1.29 is 0 Å². The van der Waals surface area contributed by atoms with Crippen LogP contribution < -0.4 is 10.6 Å². The Morgan fingerprint density at radius 3 is 2.21 bits per heavy atom. The van der Waals surface area contributed by atoms with Crippen LogP contribution in [0.15, 0.2) is 24.6 Å². The zero-order valence-electron chi connectivity index (χ0n) is 13.3. The van der Waals surface area contributed by atoms with E-state index < -0.39 is 0 Å². The van der Waals surface area contributed by atoms with Gasteiger partial charge in [0.05, 0.1) is 6.04 Å². The molecule has 0 aromatic heterocycles. The number of rotatable bonds is 10. The van der Waals surface area contributed by atoms with E-state index >= 15 is 0 Å². The maximum absolute atomic E-state index is 4.22. The molecule has 2 N–H and O–H groups in total. The second-order valence-corrected chi connectivity index (χ2v) is 6.76. The van der Waals surface area contributed by atoms with Gasteiger partial charge in [0.25, 0.3) is 0 Å². The van der Waals surface area contributed by atoms with Gasteiger partial charge < -0.3 is 10.6 Å². The first kappa shape index (κ1) is 16.1. The summed E-state index contributed by atoms with van der Waals surface area (Å²) >= 11 is 0. The van der Waals surface area contributed by atoms with E-state index in [0.29, 0.717) is 17.9 Å². The van der Waals surface area contributed by atoms with Crippen LogP contribution >= 0.6 is 0 Å². The molecule has 1 fully saturated rings. The van der Waals surface area contributed by atoms with Gasteiger partial charge in [-0.1, -0.05) is 40.9 Å². The fourth-order valence-electron chi connectivity index (χ4n) is 2.18. The summed E-state index contributed by atoms with van der Waals surface area (Å²) in [6.07, 6.45) is 4.90. The molecule has 0 saturated heterocycles. The number of hydrogen-bond donors (Lipinski definition) is 2. The third kappa shape index (κ3) is 6.70. The minimum Gasteiger partial charge on any atom is -0.387 e. The standard InChI is InChI=1S/C17H32N2/c1-12(2)9-10-18-15(6)17(11-13(3)4)19-14(5)16-7-8-16/h12-13,16-19H,5-11H2,1-4H3. The maximum atomic E-state index is 4.22. The van der Waals surface area contributed by atoms with E-state index in [9.17, 15) is 0 Å². The SMILES string of the molecule is C=C(NC(CC(C)C)C(=C)NCCC(C)C)C1CC1. The first-order valence-electron chi connectivity index (χ1n) is 7.78. The fraction of sp³-hybridized carbons (Fsp3) is 0.765. The molecule has 0 spiro atoms. The highest BCUT2D eigenvalue weighted by Crippen LogP contribution is 2.34. The largest absolute Gasteiger partial charge is 0.387 e. The highest BCUT2D eigenvalue weighted by atomic mass is 15.0. The van der Waals surface area contributed by atoms with Gasteiger partial charge in [-0.2, -0.15) is 0 Å². The number of hydrogen-bond acceptors (Lipinski definition) is 2. The minimum absolute atomic E-state index is 0.320. The summed E-state index contributed by atoms with van der Waals surface area (Å²) in [6, 6.07) is 0.320. The van der Waals surface area contributed by atoms with Crippen LogP contribution in [0.2, 0.25) is 0 Å². The molecule has 0 bridgehead atoms. The molecule has 1 aliphatic rings. The average Bonchev–Trinajstić information content (AvgIpc) is 3.10. The molecule has 1 aliphatic carbocycles. The third-order valence-electron chi connectivity index (χ3n) is 3.63. The Morgan fingerprint density at radius 2 is 1.74 bits per heavy atom. The van der Waals surface area contributed by atoms with Crippen LogP contribution in [0.4, 0.5) is 0 Å². The zero-order chi connectivity index (χ0) is 14.4. The summed E-state index contributed by atoms with van der Waals surface area (Å²) in [5.74, 6) is 2.10. The van der Waals surface area contributed by atoms with E-state index in [2.05, 4.69) is 51.5 Å². The summed E-state index contributed by atoms with van der Waals surface area (Å²) in [5, 5.41) is 7.08. The summed E-state index contributed by atoms with van der Waals surface area (Å²) in [5.41, 5.74) is 2.33. The van der Waals surface area contributed by atoms with E-state index in [1.807, 2.05) is 0 Å². The van der Waals surface area contributed by atoms with Gasteiger partial charge in [0.15, 0.2) is 0 Å². The van der Waals surface area contributed by atoms with E-state index in [-0.39, 0.29) is 0 Å². The predicted octanol–water partition coefficient (Wildman–Crippen LogP) is 4.06. The van der Waals surface area contributed by atoms with E-state index in [1.165, 1.54) is 25.0 Å². The summed E-state index contributed by atoms with van der Waals surface area (Å²) < 4.78 is 0. The molecule has 0 amide bonds. The van der Waals surface area contributed by atoms with Crippen LogP contribution in [0.3, 0.4) is 0 Å². The van der Waals surface area contributed by atoms with Crippen molar-refractivity contribution in [2.24, 2.45) is 17.8 Å². The monoisotopic (exact) mass is 264 g/mol. The number of allylic oxidation sites excluding steroid dienone is 1. The van der Waals surface area contributed by atoms with Crippen LogP contribution in [0.1, 0.15) is 53.4 Å². The molecule has 0 heterocycles. The molecule has 2 heteroatoms. The van der Waals surface area contributed by atoms with Gasteiger partial charge in [-0.3, -0.25) is 0 Å². The van der Waals surface area contributed by atoms with Crippen molar-refractivity contribution in [2.45, 2.75) is 59.4 Å². The fourth-order valence-corrected chi connectivity index (χ4v) is 2.18.